The van der Waals surface area contributed by atoms with Gasteiger partial charge in [0.25, 0.3) is 0 Å². The van der Waals surface area contributed by atoms with E-state index in [1.54, 1.807) is 0 Å². The van der Waals surface area contributed by atoms with Gasteiger partial charge < -0.3 is 14.2 Å². The highest BCUT2D eigenvalue weighted by molar-refractivity contribution is 5.95. The molecule has 0 aromatic heterocycles. The van der Waals surface area contributed by atoms with Crippen molar-refractivity contribution in [3.05, 3.63) is 29.1 Å². The predicted octanol–water partition coefficient (Wildman–Crippen LogP) is 2.04. The Labute approximate surface area is 93.4 Å². The zero-order chi connectivity index (χ0) is 12.1. The summed E-state index contributed by atoms with van der Waals surface area (Å²) in [4.78, 5) is 14.7. The summed E-state index contributed by atoms with van der Waals surface area (Å²) in [5.74, 6) is 0.0375. The maximum Gasteiger partial charge on any atom is 0.340 e. The highest BCUT2D eigenvalue weighted by Crippen LogP contribution is 2.36. The molecule has 0 amide bonds. The van der Waals surface area contributed by atoms with Crippen LogP contribution in [0.2, 0.25) is 0 Å². The van der Waals surface area contributed by atoms with Crippen molar-refractivity contribution in [1.29, 1.82) is 0 Å². The summed E-state index contributed by atoms with van der Waals surface area (Å²) >= 11 is 0. The van der Waals surface area contributed by atoms with Crippen LogP contribution in [0.25, 0.3) is 4.85 Å². The highest BCUT2D eigenvalue weighted by Gasteiger charge is 2.18. The summed E-state index contributed by atoms with van der Waals surface area (Å²) < 4.78 is 14.6. The van der Waals surface area contributed by atoms with Crippen LogP contribution in [0.5, 0.6) is 11.5 Å². The van der Waals surface area contributed by atoms with Crippen molar-refractivity contribution >= 4 is 11.7 Å². The van der Waals surface area contributed by atoms with Gasteiger partial charge in [0.05, 0.1) is 33.5 Å². The number of hydrogen-bond donors (Lipinski definition) is 0. The first kappa shape index (κ1) is 11.9. The maximum absolute atomic E-state index is 11.5. The minimum atomic E-state index is -0.569. The van der Waals surface area contributed by atoms with E-state index in [2.05, 4.69) is 9.58 Å². The zero-order valence-corrected chi connectivity index (χ0v) is 9.23. The van der Waals surface area contributed by atoms with E-state index in [0.29, 0.717) is 5.75 Å². The first-order valence-electron chi connectivity index (χ1n) is 4.39. The third-order valence-corrected chi connectivity index (χ3v) is 2.01. The van der Waals surface area contributed by atoms with Crippen LogP contribution in [-0.4, -0.2) is 27.3 Å². The Balaban J connectivity index is 3.44. The summed E-state index contributed by atoms with van der Waals surface area (Å²) in [6.07, 6.45) is 0. The van der Waals surface area contributed by atoms with E-state index in [0.717, 1.165) is 0 Å². The molecule has 0 aliphatic carbocycles. The van der Waals surface area contributed by atoms with E-state index in [-0.39, 0.29) is 17.0 Å². The molecular formula is C11H11NO4. The Kier molecular flexibility index (Phi) is 3.72. The quantitative estimate of drug-likeness (QED) is 0.579. The number of hydrogen-bond acceptors (Lipinski definition) is 4. The molecule has 0 atom stereocenters. The molecule has 0 spiro atoms. The average molecular weight is 221 g/mol. The number of benzene rings is 1. The fourth-order valence-electron chi connectivity index (χ4n) is 1.26. The Morgan fingerprint density at radius 2 is 1.94 bits per heavy atom. The van der Waals surface area contributed by atoms with Crippen LogP contribution in [-0.2, 0) is 4.74 Å². The van der Waals surface area contributed by atoms with Crippen molar-refractivity contribution in [3.8, 4) is 11.5 Å². The molecule has 84 valence electrons. The van der Waals surface area contributed by atoms with Crippen molar-refractivity contribution in [2.45, 2.75) is 0 Å². The van der Waals surface area contributed by atoms with Gasteiger partial charge in [0, 0.05) is 0 Å². The number of nitrogens with zero attached hydrogens (tertiary/aromatic N) is 1. The normalized spacial score (nSPS) is 9.12. The smallest absolute Gasteiger partial charge is 0.340 e. The summed E-state index contributed by atoms with van der Waals surface area (Å²) in [6, 6.07) is 2.97. The second-order valence-electron chi connectivity index (χ2n) is 2.83. The molecule has 16 heavy (non-hydrogen) atoms. The minimum Gasteiger partial charge on any atom is -0.507 e. The van der Waals surface area contributed by atoms with Crippen LogP contribution < -0.4 is 9.47 Å². The Morgan fingerprint density at radius 3 is 2.38 bits per heavy atom. The van der Waals surface area contributed by atoms with Gasteiger partial charge in [-0.15, -0.1) is 0 Å². The standard InChI is InChI=1S/C11H11NO4/c1-12-9-6-7(14-2)5-8(10(9)15-3)11(13)16-4/h5-6H,2-4H3. The average Bonchev–Trinajstić information content (AvgIpc) is 2.35. The van der Waals surface area contributed by atoms with E-state index in [1.165, 1.54) is 33.5 Å². The van der Waals surface area contributed by atoms with Crippen LogP contribution in [0.15, 0.2) is 12.1 Å². The number of carbonyl (C=O) groups excluding carboxylic acids is 1. The number of ether oxygens (including phenoxy) is 3. The maximum atomic E-state index is 11.5. The van der Waals surface area contributed by atoms with Crippen molar-refractivity contribution in [1.82, 2.24) is 0 Å². The number of esters is 1. The van der Waals surface area contributed by atoms with Gasteiger partial charge in [-0.3, -0.25) is 0 Å². The number of carbonyl (C=O) groups is 1. The Hall–Kier alpha value is -2.22. The Morgan fingerprint density at radius 1 is 1.25 bits per heavy atom. The van der Waals surface area contributed by atoms with E-state index in [4.69, 9.17) is 16.0 Å². The molecule has 0 N–H and O–H groups in total. The summed E-state index contributed by atoms with van der Waals surface area (Å²) in [7, 11) is 4.11. The summed E-state index contributed by atoms with van der Waals surface area (Å²) in [5, 5.41) is 0. The van der Waals surface area contributed by atoms with Gasteiger partial charge in [0.1, 0.15) is 11.5 Å². The van der Waals surface area contributed by atoms with Crippen molar-refractivity contribution in [2.75, 3.05) is 21.3 Å². The van der Waals surface area contributed by atoms with Gasteiger partial charge in [-0.05, 0) is 12.1 Å². The molecule has 0 saturated heterocycles. The lowest BCUT2D eigenvalue weighted by molar-refractivity contribution is 0.0597. The van der Waals surface area contributed by atoms with Gasteiger partial charge in [-0.25, -0.2) is 9.64 Å². The molecule has 0 aliphatic heterocycles. The van der Waals surface area contributed by atoms with Gasteiger partial charge in [0.15, 0.2) is 0 Å². The van der Waals surface area contributed by atoms with Gasteiger partial charge >= 0.3 is 5.97 Å². The van der Waals surface area contributed by atoms with E-state index < -0.39 is 5.97 Å². The van der Waals surface area contributed by atoms with Crippen LogP contribution in [0, 0.1) is 6.57 Å². The third-order valence-electron chi connectivity index (χ3n) is 2.01. The lowest BCUT2D eigenvalue weighted by atomic mass is 10.1. The third kappa shape index (κ3) is 2.06. The van der Waals surface area contributed by atoms with Gasteiger partial charge in [0.2, 0.25) is 5.69 Å². The molecule has 0 unspecified atom stereocenters. The molecule has 1 rings (SSSR count). The summed E-state index contributed by atoms with van der Waals surface area (Å²) in [6.45, 7) is 6.99. The molecular weight excluding hydrogens is 210 g/mol. The molecule has 5 heteroatoms. The van der Waals surface area contributed by atoms with E-state index >= 15 is 0 Å². The van der Waals surface area contributed by atoms with Crippen LogP contribution >= 0.6 is 0 Å². The largest absolute Gasteiger partial charge is 0.507 e. The van der Waals surface area contributed by atoms with Gasteiger partial charge in [-0.2, -0.15) is 0 Å². The van der Waals surface area contributed by atoms with Crippen molar-refractivity contribution in [2.24, 2.45) is 0 Å². The number of methoxy groups -OCH3 is 3. The van der Waals surface area contributed by atoms with Crippen LogP contribution in [0.4, 0.5) is 5.69 Å². The molecule has 1 aromatic carbocycles. The highest BCUT2D eigenvalue weighted by atomic mass is 16.5. The molecule has 1 aromatic rings. The number of rotatable bonds is 3. The summed E-state index contributed by atoms with van der Waals surface area (Å²) in [5.41, 5.74) is 0.387. The van der Waals surface area contributed by atoms with Crippen LogP contribution in [0.3, 0.4) is 0 Å². The topological polar surface area (TPSA) is 49.1 Å². The van der Waals surface area contributed by atoms with E-state index in [1.807, 2.05) is 0 Å². The predicted molar refractivity (Wildman–Crippen MR) is 57.1 cm³/mol. The molecule has 0 fully saturated rings. The molecule has 0 saturated carbocycles. The molecule has 0 aliphatic rings. The van der Waals surface area contributed by atoms with E-state index in [9.17, 15) is 4.79 Å². The second-order valence-corrected chi connectivity index (χ2v) is 2.83. The van der Waals surface area contributed by atoms with Gasteiger partial charge in [-0.1, -0.05) is 0 Å². The fourth-order valence-corrected chi connectivity index (χ4v) is 1.26. The Bertz CT molecular complexity index is 448. The zero-order valence-electron chi connectivity index (χ0n) is 9.23. The molecule has 0 bridgehead atoms. The minimum absolute atomic E-state index is 0.176. The first-order valence-corrected chi connectivity index (χ1v) is 4.39. The molecule has 0 heterocycles. The van der Waals surface area contributed by atoms with Crippen molar-refractivity contribution < 1.29 is 19.0 Å². The SMILES string of the molecule is [C-]#[N+]c1cc(OC)cc(C(=O)OC)c1OC. The van der Waals surface area contributed by atoms with Crippen LogP contribution in [0.1, 0.15) is 10.4 Å². The second kappa shape index (κ2) is 5.03. The fraction of sp³-hybridized carbons (Fsp3) is 0.273. The monoisotopic (exact) mass is 221 g/mol. The van der Waals surface area contributed by atoms with Crippen molar-refractivity contribution in [3.63, 3.8) is 0 Å². The molecule has 0 radical (unpaired) electrons. The first-order chi connectivity index (χ1) is 7.67. The molecule has 5 nitrogen and oxygen atoms in total. The lowest BCUT2D eigenvalue weighted by Gasteiger charge is -2.10. The lowest BCUT2D eigenvalue weighted by Crippen LogP contribution is -2.04.